The molecule has 0 aliphatic carbocycles. The molecule has 0 bridgehead atoms. The summed E-state index contributed by atoms with van der Waals surface area (Å²) in [5.41, 5.74) is 24.3. The Kier molecular flexibility index (Phi) is 13.1. The quantitative estimate of drug-likeness (QED) is 0.108. The van der Waals surface area contributed by atoms with E-state index < -0.39 is 0 Å². The Bertz CT molecular complexity index is 5870. The van der Waals surface area contributed by atoms with Crippen molar-refractivity contribution in [1.29, 1.82) is 0 Å². The number of hydrogen-bond acceptors (Lipinski definition) is 6. The topological polar surface area (TPSA) is 47.6 Å². The van der Waals surface area contributed by atoms with Crippen molar-refractivity contribution in [2.75, 3.05) is 19.6 Å². The second-order valence-corrected chi connectivity index (χ2v) is 25.7. The van der Waals surface area contributed by atoms with Gasteiger partial charge in [-0.3, -0.25) is 0 Å². The molecule has 20 rings (SSSR count). The van der Waals surface area contributed by atoms with Crippen molar-refractivity contribution in [3.63, 3.8) is 0 Å². The lowest BCUT2D eigenvalue weighted by atomic mass is 9.99. The highest BCUT2D eigenvalue weighted by atomic mass is 15.2. The Morgan fingerprint density at radius 3 is 0.690 bits per heavy atom. The molecule has 0 fully saturated rings. The average molecular weight is 1280 g/mol. The summed E-state index contributed by atoms with van der Waals surface area (Å²) in [5.74, 6) is 0. The molecule has 0 aliphatic rings. The Morgan fingerprint density at radius 2 is 0.420 bits per heavy atom. The molecule has 20 aromatic rings. The zero-order valence-corrected chi connectivity index (χ0v) is 54.2. The summed E-state index contributed by atoms with van der Waals surface area (Å²) in [4.78, 5) is 21.9. The van der Waals surface area contributed by atoms with Crippen molar-refractivity contribution in [2.45, 2.75) is 0 Å². The van der Waals surface area contributed by atoms with Gasteiger partial charge in [-0.2, -0.15) is 0 Å². The first-order chi connectivity index (χ1) is 49.7. The minimum Gasteiger partial charge on any atom is -0.310 e. The molecule has 0 N–H and O–H groups in total. The third-order valence-electron chi connectivity index (χ3n) is 20.0. The van der Waals surface area contributed by atoms with Crippen LogP contribution < -0.4 is 19.6 Å². The van der Waals surface area contributed by atoms with Crippen molar-refractivity contribution >= 4 is 155 Å². The molecular formula is C92H60N8. The Labute approximate surface area is 576 Å². The van der Waals surface area contributed by atoms with Crippen molar-refractivity contribution < 1.29 is 0 Å². The third-order valence-corrected chi connectivity index (χ3v) is 20.0. The van der Waals surface area contributed by atoms with Crippen LogP contribution in [0.25, 0.3) is 110 Å². The number of hydrogen-bond donors (Lipinski definition) is 0. The largest absolute Gasteiger partial charge is 0.310 e. The molecule has 0 spiro atoms. The molecule has 5 aromatic heterocycles. The SMILES string of the molecule is c1ccc(-c2nc3c(nc2-c2ccccc2)c2c4cc(N(c5ccccc5)c5ccccc5)cc5c6cc(N(c7ccccc7)c7ccccc7)ccc6n(c54)c2c2c3c3cc(N(c4ccccc4)c4ccccc4)cc4c5cc(N(c6ccccc6)c6ccccc6)ccc5n2c43)cc1. The van der Waals surface area contributed by atoms with Gasteiger partial charge in [-0.1, -0.05) is 206 Å². The van der Waals surface area contributed by atoms with E-state index in [1.165, 1.54) is 0 Å². The number of benzene rings is 15. The van der Waals surface area contributed by atoms with E-state index in [9.17, 15) is 0 Å². The van der Waals surface area contributed by atoms with Gasteiger partial charge in [0.05, 0.1) is 44.5 Å². The maximum atomic E-state index is 6.19. The molecule has 0 saturated heterocycles. The Hall–Kier alpha value is -13.6. The first-order valence-corrected chi connectivity index (χ1v) is 34.1. The van der Waals surface area contributed by atoms with E-state index >= 15 is 0 Å². The van der Waals surface area contributed by atoms with E-state index in [0.29, 0.717) is 0 Å². The molecule has 8 nitrogen and oxygen atoms in total. The number of aromatic nitrogens is 4. The summed E-state index contributed by atoms with van der Waals surface area (Å²) < 4.78 is 5.18. The molecule has 0 radical (unpaired) electrons. The van der Waals surface area contributed by atoms with E-state index in [1.807, 2.05) is 0 Å². The first kappa shape index (κ1) is 56.8. The summed E-state index contributed by atoms with van der Waals surface area (Å²) in [5, 5.41) is 8.67. The van der Waals surface area contributed by atoms with Gasteiger partial charge in [0.15, 0.2) is 0 Å². The van der Waals surface area contributed by atoms with Crippen LogP contribution in [0.4, 0.5) is 68.2 Å². The van der Waals surface area contributed by atoms with Gasteiger partial charge in [-0.15, -0.1) is 0 Å². The fourth-order valence-electron chi connectivity index (χ4n) is 15.8. The highest BCUT2D eigenvalue weighted by molar-refractivity contribution is 6.40. The Morgan fingerprint density at radius 1 is 0.190 bits per heavy atom. The molecule has 15 aromatic carbocycles. The van der Waals surface area contributed by atoms with Gasteiger partial charge in [0.25, 0.3) is 0 Å². The zero-order chi connectivity index (χ0) is 65.8. The molecule has 0 aliphatic heterocycles. The summed E-state index contributed by atoms with van der Waals surface area (Å²) >= 11 is 0. The minimum absolute atomic E-state index is 0.812. The van der Waals surface area contributed by atoms with Crippen LogP contribution in [0.1, 0.15) is 0 Å². The standard InChI is InChI=1S/C92H60N8/c1-11-31-61(32-12-1)85-86(62-33-13-2-14-34-62)94-88-84-80-60-74(98(69-47-27-9-28-48-69)70-49-29-10-30-50-70)58-78-76-56-72(96(65-39-19-5-20-40-65)66-41-21-6-22-42-66)52-54-82(76)100(90(78)80)92(84)91-83(87(88)93-85)79-59-73(97(67-43-23-7-24-44-67)68-45-25-8-26-46-68)57-77-75-55-71(51-53-81(75)99(91)89(77)79)95(63-35-15-3-16-36-63)64-37-17-4-18-38-64/h1-60H. The van der Waals surface area contributed by atoms with Gasteiger partial charge in [-0.05, 0) is 158 Å². The summed E-state index contributed by atoms with van der Waals surface area (Å²) in [6.45, 7) is 0. The minimum atomic E-state index is 0.812. The van der Waals surface area contributed by atoms with E-state index in [2.05, 4.69) is 392 Å². The maximum absolute atomic E-state index is 6.19. The fourth-order valence-corrected chi connectivity index (χ4v) is 15.8. The van der Waals surface area contributed by atoms with E-state index in [0.717, 1.165) is 178 Å². The van der Waals surface area contributed by atoms with Gasteiger partial charge in [-0.25, -0.2) is 9.97 Å². The van der Waals surface area contributed by atoms with Crippen LogP contribution in [-0.2, 0) is 0 Å². The second kappa shape index (κ2) is 23.1. The molecule has 100 heavy (non-hydrogen) atoms. The number of rotatable bonds is 14. The second-order valence-electron chi connectivity index (χ2n) is 25.7. The molecular weight excluding hydrogens is 1220 g/mol. The zero-order valence-electron chi connectivity index (χ0n) is 54.2. The van der Waals surface area contributed by atoms with E-state index in [4.69, 9.17) is 9.97 Å². The lowest BCUT2D eigenvalue weighted by Crippen LogP contribution is -2.10. The fraction of sp³-hybridized carbons (Fsp3) is 0. The van der Waals surface area contributed by atoms with Gasteiger partial charge in [0.2, 0.25) is 0 Å². The van der Waals surface area contributed by atoms with Crippen LogP contribution in [0.3, 0.4) is 0 Å². The monoisotopic (exact) mass is 1280 g/mol. The van der Waals surface area contributed by atoms with Gasteiger partial charge < -0.3 is 28.4 Å². The molecule has 0 unspecified atom stereocenters. The van der Waals surface area contributed by atoms with Crippen molar-refractivity contribution in [3.05, 3.63) is 364 Å². The van der Waals surface area contributed by atoms with Crippen LogP contribution >= 0.6 is 0 Å². The molecule has 468 valence electrons. The molecule has 8 heteroatoms. The Balaban J connectivity index is 1.01. The van der Waals surface area contributed by atoms with Crippen LogP contribution in [0.5, 0.6) is 0 Å². The van der Waals surface area contributed by atoms with Crippen molar-refractivity contribution in [1.82, 2.24) is 18.8 Å². The van der Waals surface area contributed by atoms with Crippen LogP contribution in [0.2, 0.25) is 0 Å². The molecule has 5 heterocycles. The molecule has 0 atom stereocenters. The average Bonchev–Trinajstić information content (AvgIpc) is 1.49. The van der Waals surface area contributed by atoms with Gasteiger partial charge in [0, 0.05) is 122 Å². The lowest BCUT2D eigenvalue weighted by molar-refractivity contribution is 1.28. The highest BCUT2D eigenvalue weighted by Crippen LogP contribution is 2.54. The first-order valence-electron chi connectivity index (χ1n) is 34.1. The highest BCUT2D eigenvalue weighted by Gasteiger charge is 2.33. The van der Waals surface area contributed by atoms with Crippen LogP contribution in [0.15, 0.2) is 364 Å². The predicted molar refractivity (Wildman–Crippen MR) is 418 cm³/mol. The number of nitrogens with zero attached hydrogens (tertiary/aromatic N) is 8. The maximum Gasteiger partial charge on any atom is 0.100 e. The van der Waals surface area contributed by atoms with Gasteiger partial charge >= 0.3 is 0 Å². The van der Waals surface area contributed by atoms with Crippen molar-refractivity contribution in [2.24, 2.45) is 0 Å². The predicted octanol–water partition coefficient (Wildman–Crippen LogP) is 25.1. The summed E-state index contributed by atoms with van der Waals surface area (Å²) in [6, 6.07) is 131. The normalized spacial score (nSPS) is 11.8. The van der Waals surface area contributed by atoms with Gasteiger partial charge in [0.1, 0.15) is 11.0 Å². The summed E-state index contributed by atoms with van der Waals surface area (Å²) in [7, 11) is 0. The lowest BCUT2D eigenvalue weighted by Gasteiger charge is -2.26. The van der Waals surface area contributed by atoms with E-state index in [-0.39, 0.29) is 0 Å². The number of para-hydroxylation sites is 8. The van der Waals surface area contributed by atoms with E-state index in [1.54, 1.807) is 0 Å². The van der Waals surface area contributed by atoms with Crippen molar-refractivity contribution in [3.8, 4) is 22.5 Å². The molecule has 0 saturated carbocycles. The molecule has 0 amide bonds. The smallest absolute Gasteiger partial charge is 0.100 e. The van der Waals surface area contributed by atoms with Crippen LogP contribution in [0, 0.1) is 0 Å². The number of anilines is 12. The summed E-state index contributed by atoms with van der Waals surface area (Å²) in [6.07, 6.45) is 0. The number of fused-ring (bicyclic) bond motifs is 16. The third kappa shape index (κ3) is 8.94. The van der Waals surface area contributed by atoms with Crippen LogP contribution in [-0.4, -0.2) is 18.8 Å².